The summed E-state index contributed by atoms with van der Waals surface area (Å²) in [6.45, 7) is -0.745. The molecular weight excluding hydrogens is 375 g/mol. The van der Waals surface area contributed by atoms with E-state index in [9.17, 15) is 22.8 Å². The fourth-order valence-corrected chi connectivity index (χ4v) is 2.22. The number of Topliss-reactive ketones (excluding diaryl/α,β-unsaturated/α-hetero) is 1. The molecular formula is C17H13ClF3NO4. The molecule has 0 radical (unpaired) electrons. The lowest BCUT2D eigenvalue weighted by Gasteiger charge is -2.11. The van der Waals surface area contributed by atoms with Crippen molar-refractivity contribution in [3.63, 3.8) is 0 Å². The number of alkyl halides is 3. The number of nitrogens with two attached hydrogens (primary N) is 1. The van der Waals surface area contributed by atoms with Crippen molar-refractivity contribution in [2.75, 3.05) is 19.5 Å². The summed E-state index contributed by atoms with van der Waals surface area (Å²) >= 11 is 5.84. The second-order valence-corrected chi connectivity index (χ2v) is 5.56. The number of ether oxygens (including phenoxy) is 2. The Morgan fingerprint density at radius 3 is 2.50 bits per heavy atom. The van der Waals surface area contributed by atoms with Gasteiger partial charge in [-0.3, -0.25) is 4.79 Å². The Balaban J connectivity index is 2.13. The lowest BCUT2D eigenvalue weighted by Crippen LogP contribution is -2.16. The van der Waals surface area contributed by atoms with Gasteiger partial charge in [0.1, 0.15) is 11.3 Å². The lowest BCUT2D eigenvalue weighted by molar-refractivity contribution is -0.137. The van der Waals surface area contributed by atoms with Gasteiger partial charge in [0.25, 0.3) is 0 Å². The molecule has 138 valence electrons. The van der Waals surface area contributed by atoms with E-state index in [1.165, 1.54) is 25.3 Å². The number of carbonyl (C=O) groups is 2. The Morgan fingerprint density at radius 1 is 1.19 bits per heavy atom. The van der Waals surface area contributed by atoms with Crippen LogP contribution in [0.5, 0.6) is 5.75 Å². The molecule has 0 aliphatic heterocycles. The molecule has 2 aromatic carbocycles. The van der Waals surface area contributed by atoms with Gasteiger partial charge in [-0.05, 0) is 18.2 Å². The van der Waals surface area contributed by atoms with Gasteiger partial charge in [0, 0.05) is 11.6 Å². The van der Waals surface area contributed by atoms with Crippen molar-refractivity contribution in [3.8, 4) is 5.75 Å². The lowest BCUT2D eigenvalue weighted by atomic mass is 10.1. The number of hydrogen-bond acceptors (Lipinski definition) is 5. The van der Waals surface area contributed by atoms with Crippen LogP contribution in [0.1, 0.15) is 26.3 Å². The van der Waals surface area contributed by atoms with Crippen molar-refractivity contribution in [3.05, 3.63) is 58.1 Å². The van der Waals surface area contributed by atoms with Crippen LogP contribution in [-0.2, 0) is 10.9 Å². The second kappa shape index (κ2) is 7.65. The van der Waals surface area contributed by atoms with Crippen LogP contribution in [0, 0.1) is 0 Å². The number of esters is 1. The number of anilines is 1. The maximum absolute atomic E-state index is 12.7. The third kappa shape index (κ3) is 4.45. The molecule has 9 heteroatoms. The number of hydrogen-bond donors (Lipinski definition) is 1. The van der Waals surface area contributed by atoms with E-state index < -0.39 is 30.1 Å². The Bertz CT molecular complexity index is 852. The van der Waals surface area contributed by atoms with Crippen molar-refractivity contribution in [1.82, 2.24) is 0 Å². The van der Waals surface area contributed by atoms with Crippen molar-refractivity contribution < 1.29 is 32.2 Å². The van der Waals surface area contributed by atoms with E-state index in [1.54, 1.807) is 0 Å². The fourth-order valence-electron chi connectivity index (χ4n) is 2.06. The number of rotatable bonds is 5. The topological polar surface area (TPSA) is 78.6 Å². The summed E-state index contributed by atoms with van der Waals surface area (Å²) < 4.78 is 47.9. The molecule has 2 aromatic rings. The molecule has 0 aromatic heterocycles. The molecule has 0 amide bonds. The van der Waals surface area contributed by atoms with Gasteiger partial charge >= 0.3 is 12.1 Å². The zero-order chi connectivity index (χ0) is 19.5. The molecule has 0 spiro atoms. The third-order valence-corrected chi connectivity index (χ3v) is 3.71. The standard InChI is InChI=1S/C17H13ClF3NO4/c1-25-15-7-13(22)12(18)6-11(15)16(24)26-8-14(23)9-3-2-4-10(5-9)17(19,20)21/h2-7H,8,22H2,1H3. The molecule has 26 heavy (non-hydrogen) atoms. The largest absolute Gasteiger partial charge is 0.496 e. The monoisotopic (exact) mass is 387 g/mol. The van der Waals surface area contributed by atoms with E-state index in [1.807, 2.05) is 0 Å². The van der Waals surface area contributed by atoms with Crippen LogP contribution in [0.2, 0.25) is 5.02 Å². The summed E-state index contributed by atoms with van der Waals surface area (Å²) in [5.74, 6) is -1.63. The predicted octanol–water partition coefficient (Wildman–Crippen LogP) is 3.99. The van der Waals surface area contributed by atoms with Gasteiger partial charge in [-0.2, -0.15) is 13.2 Å². The van der Waals surface area contributed by atoms with E-state index in [-0.39, 0.29) is 27.6 Å². The molecule has 0 unspecified atom stereocenters. The van der Waals surface area contributed by atoms with E-state index in [2.05, 4.69) is 0 Å². The summed E-state index contributed by atoms with van der Waals surface area (Å²) in [6.07, 6.45) is -4.58. The highest BCUT2D eigenvalue weighted by Gasteiger charge is 2.31. The predicted molar refractivity (Wildman–Crippen MR) is 88.5 cm³/mol. The van der Waals surface area contributed by atoms with Crippen molar-refractivity contribution in [2.24, 2.45) is 0 Å². The van der Waals surface area contributed by atoms with Gasteiger partial charge in [0.05, 0.1) is 23.4 Å². The second-order valence-electron chi connectivity index (χ2n) is 5.15. The third-order valence-electron chi connectivity index (χ3n) is 3.38. The van der Waals surface area contributed by atoms with Crippen LogP contribution in [0.3, 0.4) is 0 Å². The summed E-state index contributed by atoms with van der Waals surface area (Å²) in [5, 5.41) is 0.0851. The maximum atomic E-state index is 12.7. The zero-order valence-corrected chi connectivity index (χ0v) is 14.1. The Morgan fingerprint density at radius 2 is 1.88 bits per heavy atom. The number of benzene rings is 2. The van der Waals surface area contributed by atoms with Gasteiger partial charge in [-0.1, -0.05) is 23.7 Å². The van der Waals surface area contributed by atoms with Crippen LogP contribution in [0.25, 0.3) is 0 Å². The van der Waals surface area contributed by atoms with Crippen LogP contribution in [-0.4, -0.2) is 25.5 Å². The quantitative estimate of drug-likeness (QED) is 0.477. The molecule has 5 nitrogen and oxygen atoms in total. The molecule has 0 saturated carbocycles. The summed E-state index contributed by atoms with van der Waals surface area (Å²) in [5.41, 5.74) is 4.52. The Labute approximate surface area is 151 Å². The van der Waals surface area contributed by atoms with Gasteiger partial charge in [-0.15, -0.1) is 0 Å². The molecule has 0 heterocycles. The van der Waals surface area contributed by atoms with Crippen molar-refractivity contribution in [1.29, 1.82) is 0 Å². The highest BCUT2D eigenvalue weighted by molar-refractivity contribution is 6.33. The minimum absolute atomic E-state index is 0.0662. The zero-order valence-electron chi connectivity index (χ0n) is 13.4. The molecule has 0 aliphatic rings. The first-order chi connectivity index (χ1) is 12.1. The van der Waals surface area contributed by atoms with E-state index in [0.29, 0.717) is 6.07 Å². The maximum Gasteiger partial charge on any atom is 0.416 e. The average Bonchev–Trinajstić information content (AvgIpc) is 2.60. The molecule has 2 rings (SSSR count). The minimum Gasteiger partial charge on any atom is -0.496 e. The Hall–Kier alpha value is -2.74. The van der Waals surface area contributed by atoms with Crippen LogP contribution >= 0.6 is 11.6 Å². The molecule has 0 aliphatic carbocycles. The van der Waals surface area contributed by atoms with Crippen LogP contribution < -0.4 is 10.5 Å². The molecule has 0 fully saturated rings. The highest BCUT2D eigenvalue weighted by Crippen LogP contribution is 2.30. The fraction of sp³-hybridized carbons (Fsp3) is 0.176. The van der Waals surface area contributed by atoms with E-state index in [4.69, 9.17) is 26.8 Å². The van der Waals surface area contributed by atoms with E-state index >= 15 is 0 Å². The number of halogens is 4. The number of carbonyl (C=O) groups excluding carboxylic acids is 2. The summed E-state index contributed by atoms with van der Waals surface area (Å²) in [7, 11) is 1.30. The summed E-state index contributed by atoms with van der Waals surface area (Å²) in [4.78, 5) is 24.1. The van der Waals surface area contributed by atoms with Crippen LogP contribution in [0.15, 0.2) is 36.4 Å². The highest BCUT2D eigenvalue weighted by atomic mass is 35.5. The molecule has 0 saturated heterocycles. The normalized spacial score (nSPS) is 11.1. The number of nitrogen functional groups attached to an aromatic ring is 1. The first kappa shape index (κ1) is 19.6. The Kier molecular flexibility index (Phi) is 5.76. The smallest absolute Gasteiger partial charge is 0.416 e. The minimum atomic E-state index is -4.58. The number of methoxy groups -OCH3 is 1. The molecule has 0 atom stereocenters. The van der Waals surface area contributed by atoms with Gasteiger partial charge in [0.2, 0.25) is 0 Å². The molecule has 2 N–H and O–H groups in total. The van der Waals surface area contributed by atoms with Gasteiger partial charge in [-0.25, -0.2) is 4.79 Å². The SMILES string of the molecule is COc1cc(N)c(Cl)cc1C(=O)OCC(=O)c1cccc(C(F)(F)F)c1. The first-order valence-electron chi connectivity index (χ1n) is 7.14. The number of ketones is 1. The van der Waals surface area contributed by atoms with Crippen molar-refractivity contribution >= 4 is 29.0 Å². The van der Waals surface area contributed by atoms with Crippen LogP contribution in [0.4, 0.5) is 18.9 Å². The van der Waals surface area contributed by atoms with Gasteiger partial charge < -0.3 is 15.2 Å². The van der Waals surface area contributed by atoms with Gasteiger partial charge in [0.15, 0.2) is 12.4 Å². The summed E-state index contributed by atoms with van der Waals surface area (Å²) in [6, 6.07) is 6.36. The molecule has 0 bridgehead atoms. The first-order valence-corrected chi connectivity index (χ1v) is 7.52. The van der Waals surface area contributed by atoms with E-state index in [0.717, 1.165) is 12.1 Å². The van der Waals surface area contributed by atoms with Crippen molar-refractivity contribution in [2.45, 2.75) is 6.18 Å². The average molecular weight is 388 g/mol.